The predicted molar refractivity (Wildman–Crippen MR) is 83.3 cm³/mol. The maximum absolute atomic E-state index is 5.51. The highest BCUT2D eigenvalue weighted by Crippen LogP contribution is 2.64. The van der Waals surface area contributed by atoms with E-state index in [1.165, 1.54) is 24.8 Å². The van der Waals surface area contributed by atoms with Gasteiger partial charge in [-0.2, -0.15) is 10.2 Å². The molecule has 0 N–H and O–H groups in total. The van der Waals surface area contributed by atoms with Gasteiger partial charge in [0.15, 0.2) is 11.5 Å². The molecule has 0 radical (unpaired) electrons. The lowest BCUT2D eigenvalue weighted by molar-refractivity contribution is 0.0557. The van der Waals surface area contributed by atoms with Gasteiger partial charge in [-0.3, -0.25) is 4.68 Å². The van der Waals surface area contributed by atoms with Gasteiger partial charge in [0.2, 0.25) is 0 Å². The second-order valence-corrected chi connectivity index (χ2v) is 6.65. The maximum atomic E-state index is 5.51. The highest BCUT2D eigenvalue weighted by molar-refractivity contribution is 5.81. The normalized spacial score (nSPS) is 22.7. The summed E-state index contributed by atoms with van der Waals surface area (Å²) in [7, 11) is 1.88. The van der Waals surface area contributed by atoms with E-state index in [0.717, 1.165) is 30.1 Å². The van der Waals surface area contributed by atoms with Crippen LogP contribution in [0.1, 0.15) is 30.7 Å². The summed E-state index contributed by atoms with van der Waals surface area (Å²) in [5, 5.41) is 9.72. The smallest absolute Gasteiger partial charge is 0.167 e. The van der Waals surface area contributed by atoms with Crippen LogP contribution in [-0.2, 0) is 11.8 Å². The van der Waals surface area contributed by atoms with Crippen molar-refractivity contribution in [3.8, 4) is 5.82 Å². The number of ether oxygens (including phenoxy) is 1. The molecule has 5 rings (SSSR count). The summed E-state index contributed by atoms with van der Waals surface area (Å²) in [5.41, 5.74) is 2.59. The Kier molecular flexibility index (Phi) is 2.64. The molecular weight excluding hydrogens is 292 g/mol. The van der Waals surface area contributed by atoms with Crippen molar-refractivity contribution in [1.29, 1.82) is 0 Å². The van der Waals surface area contributed by atoms with Crippen molar-refractivity contribution in [2.45, 2.75) is 25.2 Å². The Labute approximate surface area is 133 Å². The fraction of sp³-hybridized carbons (Fsp3) is 0.500. The topological polar surface area (TPSA) is 70.7 Å². The number of rotatable bonds is 2. The van der Waals surface area contributed by atoms with Crippen LogP contribution in [0.25, 0.3) is 16.9 Å². The van der Waals surface area contributed by atoms with Crippen LogP contribution in [0, 0.1) is 5.41 Å². The first kappa shape index (κ1) is 13.2. The zero-order valence-electron chi connectivity index (χ0n) is 13.0. The molecule has 4 heterocycles. The highest BCUT2D eigenvalue weighted by Gasteiger charge is 2.55. The molecule has 7 heteroatoms. The van der Waals surface area contributed by atoms with Crippen LogP contribution >= 0.6 is 0 Å². The van der Waals surface area contributed by atoms with Crippen LogP contribution in [0.5, 0.6) is 0 Å². The third-order valence-corrected chi connectivity index (χ3v) is 5.41. The van der Waals surface area contributed by atoms with Crippen molar-refractivity contribution in [3.05, 3.63) is 30.5 Å². The van der Waals surface area contributed by atoms with Crippen molar-refractivity contribution in [3.63, 3.8) is 0 Å². The van der Waals surface area contributed by atoms with E-state index in [9.17, 15) is 0 Å². The van der Waals surface area contributed by atoms with E-state index >= 15 is 0 Å². The summed E-state index contributed by atoms with van der Waals surface area (Å²) in [6.45, 7) is 1.79. The maximum Gasteiger partial charge on any atom is 0.167 e. The Morgan fingerprint density at radius 1 is 1.17 bits per heavy atom. The van der Waals surface area contributed by atoms with Gasteiger partial charge >= 0.3 is 0 Å². The van der Waals surface area contributed by atoms with Gasteiger partial charge in [0.25, 0.3) is 0 Å². The summed E-state index contributed by atoms with van der Waals surface area (Å²) in [5.74, 6) is 1.41. The van der Waals surface area contributed by atoms with Crippen molar-refractivity contribution >= 4 is 11.0 Å². The highest BCUT2D eigenvalue weighted by atomic mass is 16.5. The Hall–Kier alpha value is -2.28. The molecule has 3 aromatic heterocycles. The quantitative estimate of drug-likeness (QED) is 0.722. The Bertz CT molecular complexity index is 876. The van der Waals surface area contributed by atoms with Crippen LogP contribution in [0.15, 0.2) is 24.9 Å². The molecule has 118 valence electrons. The van der Waals surface area contributed by atoms with Crippen LogP contribution in [0.4, 0.5) is 0 Å². The lowest BCUT2D eigenvalue weighted by Crippen LogP contribution is -2.18. The molecule has 2 fully saturated rings. The Morgan fingerprint density at radius 2 is 2.04 bits per heavy atom. The molecule has 3 aromatic rings. The van der Waals surface area contributed by atoms with Crippen molar-refractivity contribution in [2.24, 2.45) is 12.5 Å². The summed E-state index contributed by atoms with van der Waals surface area (Å²) in [6.07, 6.45) is 11.1. The Balaban J connectivity index is 1.50. The molecule has 1 unspecified atom stereocenters. The van der Waals surface area contributed by atoms with Gasteiger partial charge in [-0.15, -0.1) is 0 Å². The van der Waals surface area contributed by atoms with E-state index in [0.29, 0.717) is 11.3 Å². The van der Waals surface area contributed by atoms with Crippen LogP contribution in [0.2, 0.25) is 0 Å². The van der Waals surface area contributed by atoms with Gasteiger partial charge in [-0.05, 0) is 36.2 Å². The average molecular weight is 310 g/mol. The zero-order valence-corrected chi connectivity index (χ0v) is 13.0. The van der Waals surface area contributed by atoms with E-state index in [4.69, 9.17) is 4.74 Å². The molecule has 1 saturated heterocycles. The molecular formula is C16H18N6O. The predicted octanol–water partition coefficient (Wildman–Crippen LogP) is 1.83. The molecule has 0 bridgehead atoms. The number of nitrogens with zero attached hydrogens (tertiary/aromatic N) is 6. The van der Waals surface area contributed by atoms with E-state index < -0.39 is 0 Å². The number of aromatic nitrogens is 6. The molecule has 0 amide bonds. The molecule has 1 aliphatic heterocycles. The van der Waals surface area contributed by atoms with Gasteiger partial charge < -0.3 is 4.74 Å². The first-order valence-corrected chi connectivity index (χ1v) is 8.02. The number of hydrogen-bond acceptors (Lipinski definition) is 5. The lowest BCUT2D eigenvalue weighted by atomic mass is 9.92. The second-order valence-electron chi connectivity index (χ2n) is 6.65. The third kappa shape index (κ3) is 1.92. The second kappa shape index (κ2) is 4.61. The molecule has 2 aliphatic rings. The Morgan fingerprint density at radius 3 is 2.91 bits per heavy atom. The largest absolute Gasteiger partial charge is 0.381 e. The summed E-state index contributed by atoms with van der Waals surface area (Å²) >= 11 is 0. The van der Waals surface area contributed by atoms with Crippen LogP contribution in [-0.4, -0.2) is 42.7 Å². The fourth-order valence-electron chi connectivity index (χ4n) is 3.91. The van der Waals surface area contributed by atoms with Crippen molar-refractivity contribution in [1.82, 2.24) is 29.5 Å². The summed E-state index contributed by atoms with van der Waals surface area (Å²) in [6, 6.07) is 0. The minimum absolute atomic E-state index is 0.460. The zero-order chi connectivity index (χ0) is 15.4. The monoisotopic (exact) mass is 310 g/mol. The van der Waals surface area contributed by atoms with Gasteiger partial charge in [0, 0.05) is 26.5 Å². The molecule has 0 aromatic carbocycles. The third-order valence-electron chi connectivity index (χ3n) is 5.41. The molecule has 1 spiro atoms. The minimum Gasteiger partial charge on any atom is -0.381 e. The average Bonchev–Trinajstić information content (AvgIpc) is 2.95. The molecule has 7 nitrogen and oxygen atoms in total. The SMILES string of the molecule is Cn1ncc2c(-n3cc(C4CC45CCOCC5)cn3)ncnc21. The molecule has 23 heavy (non-hydrogen) atoms. The van der Waals surface area contributed by atoms with E-state index in [1.54, 1.807) is 17.2 Å². The van der Waals surface area contributed by atoms with E-state index in [1.807, 2.05) is 17.9 Å². The fourth-order valence-corrected chi connectivity index (χ4v) is 3.91. The first-order chi connectivity index (χ1) is 11.3. The van der Waals surface area contributed by atoms with Gasteiger partial charge in [-0.25, -0.2) is 14.6 Å². The lowest BCUT2D eigenvalue weighted by Gasteiger charge is -2.22. The first-order valence-electron chi connectivity index (χ1n) is 8.02. The van der Waals surface area contributed by atoms with Crippen LogP contribution < -0.4 is 0 Å². The van der Waals surface area contributed by atoms with Gasteiger partial charge in [0.05, 0.1) is 17.8 Å². The van der Waals surface area contributed by atoms with E-state index in [-0.39, 0.29) is 0 Å². The molecule has 1 atom stereocenters. The number of fused-ring (bicyclic) bond motifs is 1. The van der Waals surface area contributed by atoms with Gasteiger partial charge in [-0.1, -0.05) is 0 Å². The van der Waals surface area contributed by atoms with E-state index in [2.05, 4.69) is 26.4 Å². The summed E-state index contributed by atoms with van der Waals surface area (Å²) in [4.78, 5) is 8.69. The molecule has 1 aliphatic carbocycles. The van der Waals surface area contributed by atoms with Crippen molar-refractivity contribution < 1.29 is 4.74 Å². The van der Waals surface area contributed by atoms with Crippen molar-refractivity contribution in [2.75, 3.05) is 13.2 Å². The standard InChI is InChI=1S/C16H18N6O/c1-21-14-12(8-19-21)15(18-10-17-14)22-9-11(7-20-22)13-6-16(13)2-4-23-5-3-16/h7-10,13H,2-6H2,1H3. The number of aryl methyl sites for hydroxylation is 1. The van der Waals surface area contributed by atoms with Crippen LogP contribution in [0.3, 0.4) is 0 Å². The minimum atomic E-state index is 0.460. The number of hydrogen-bond donors (Lipinski definition) is 0. The molecule has 1 saturated carbocycles. The summed E-state index contributed by atoms with van der Waals surface area (Å²) < 4.78 is 9.11. The van der Waals surface area contributed by atoms with Gasteiger partial charge in [0.1, 0.15) is 6.33 Å².